The molecule has 2 aromatic rings. The number of aryl methyl sites for hydroxylation is 1. The largest absolute Gasteiger partial charge is 0.491 e. The molecule has 0 fully saturated rings. The Morgan fingerprint density at radius 3 is 2.26 bits per heavy atom. The Bertz CT molecular complexity index is 615. The van der Waals surface area contributed by atoms with Crippen molar-refractivity contribution in [3.63, 3.8) is 0 Å². The van der Waals surface area contributed by atoms with Crippen LogP contribution in [0.4, 0.5) is 0 Å². The van der Waals surface area contributed by atoms with E-state index < -0.39 is 0 Å². The molecule has 0 atom stereocenters. The molecule has 0 radical (unpaired) electrons. The fourth-order valence-corrected chi connectivity index (χ4v) is 2.22. The average molecular weight is 254 g/mol. The molecular weight excluding hydrogens is 236 g/mol. The highest BCUT2D eigenvalue weighted by molar-refractivity contribution is 5.46. The zero-order valence-corrected chi connectivity index (χ0v) is 11.8. The van der Waals surface area contributed by atoms with Crippen molar-refractivity contribution < 1.29 is 4.74 Å². The number of ether oxygens (including phenoxy) is 1. The highest BCUT2D eigenvalue weighted by atomic mass is 16.5. The molecule has 1 heterocycles. The third kappa shape index (κ3) is 2.63. The van der Waals surface area contributed by atoms with Crippen LogP contribution in [0.2, 0.25) is 0 Å². The lowest BCUT2D eigenvalue weighted by Gasteiger charge is -2.12. The fourth-order valence-electron chi connectivity index (χ4n) is 2.22. The first-order chi connectivity index (χ1) is 9.02. The van der Waals surface area contributed by atoms with Crippen LogP contribution in [0.3, 0.4) is 0 Å². The van der Waals surface area contributed by atoms with Crippen molar-refractivity contribution in [2.75, 3.05) is 0 Å². The smallest absolute Gasteiger partial charge is 0.119 e. The number of aromatic nitrogens is 1. The van der Waals surface area contributed by atoms with Crippen molar-refractivity contribution in [3.8, 4) is 17.5 Å². The molecule has 0 bridgehead atoms. The van der Waals surface area contributed by atoms with E-state index in [1.54, 1.807) is 0 Å². The lowest BCUT2D eigenvalue weighted by atomic mass is 10.2. The summed E-state index contributed by atoms with van der Waals surface area (Å²) >= 11 is 0. The van der Waals surface area contributed by atoms with Gasteiger partial charge in [-0.15, -0.1) is 0 Å². The van der Waals surface area contributed by atoms with Crippen LogP contribution in [0.15, 0.2) is 30.3 Å². The summed E-state index contributed by atoms with van der Waals surface area (Å²) in [5.74, 6) is 0.863. The van der Waals surface area contributed by atoms with Crippen LogP contribution in [0, 0.1) is 25.2 Å². The predicted molar refractivity (Wildman–Crippen MR) is 75.7 cm³/mol. The van der Waals surface area contributed by atoms with E-state index in [9.17, 15) is 0 Å². The van der Waals surface area contributed by atoms with Gasteiger partial charge in [0.1, 0.15) is 11.8 Å². The first-order valence-electron chi connectivity index (χ1n) is 6.39. The number of nitriles is 1. The van der Waals surface area contributed by atoms with Gasteiger partial charge in [-0.1, -0.05) is 0 Å². The van der Waals surface area contributed by atoms with Crippen LogP contribution in [0.5, 0.6) is 5.75 Å². The second-order valence-corrected chi connectivity index (χ2v) is 4.89. The van der Waals surface area contributed by atoms with Gasteiger partial charge in [0, 0.05) is 17.1 Å². The van der Waals surface area contributed by atoms with Crippen LogP contribution < -0.4 is 4.74 Å². The molecule has 3 heteroatoms. The fraction of sp³-hybridized carbons (Fsp3) is 0.312. The lowest BCUT2D eigenvalue weighted by Crippen LogP contribution is -2.05. The molecule has 98 valence electrons. The maximum Gasteiger partial charge on any atom is 0.119 e. The van der Waals surface area contributed by atoms with E-state index in [0.29, 0.717) is 0 Å². The molecule has 0 unspecified atom stereocenters. The second-order valence-electron chi connectivity index (χ2n) is 4.89. The Labute approximate surface area is 114 Å². The Balaban J connectivity index is 2.38. The number of hydrogen-bond acceptors (Lipinski definition) is 2. The summed E-state index contributed by atoms with van der Waals surface area (Å²) in [5.41, 5.74) is 3.80. The van der Waals surface area contributed by atoms with E-state index in [2.05, 4.69) is 10.6 Å². The van der Waals surface area contributed by atoms with E-state index in [1.807, 2.05) is 58.0 Å². The van der Waals surface area contributed by atoms with Crippen LogP contribution in [0.25, 0.3) is 5.69 Å². The van der Waals surface area contributed by atoms with Gasteiger partial charge in [0.15, 0.2) is 0 Å². The Kier molecular flexibility index (Phi) is 3.62. The maximum absolute atomic E-state index is 9.06. The predicted octanol–water partition coefficient (Wildman–Crippen LogP) is 3.75. The monoisotopic (exact) mass is 254 g/mol. The minimum absolute atomic E-state index is 0.172. The molecule has 0 N–H and O–H groups in total. The van der Waals surface area contributed by atoms with Gasteiger partial charge in [-0.05, 0) is 58.0 Å². The average Bonchev–Trinajstić information content (AvgIpc) is 2.65. The van der Waals surface area contributed by atoms with Gasteiger partial charge in [-0.3, -0.25) is 0 Å². The second kappa shape index (κ2) is 5.19. The topological polar surface area (TPSA) is 38.0 Å². The molecule has 0 aliphatic rings. The molecule has 1 aromatic carbocycles. The van der Waals surface area contributed by atoms with Gasteiger partial charge in [0.25, 0.3) is 0 Å². The summed E-state index contributed by atoms with van der Waals surface area (Å²) in [6, 6.07) is 12.1. The molecule has 0 amide bonds. The number of benzene rings is 1. The molecule has 0 saturated carbocycles. The van der Waals surface area contributed by atoms with Gasteiger partial charge in [0.2, 0.25) is 0 Å². The first-order valence-corrected chi connectivity index (χ1v) is 6.39. The highest BCUT2D eigenvalue weighted by Gasteiger charge is 2.10. The van der Waals surface area contributed by atoms with Gasteiger partial charge in [0.05, 0.1) is 11.7 Å². The van der Waals surface area contributed by atoms with Crippen LogP contribution in [0.1, 0.15) is 30.8 Å². The highest BCUT2D eigenvalue weighted by Crippen LogP contribution is 2.22. The summed E-state index contributed by atoms with van der Waals surface area (Å²) in [6.07, 6.45) is 0.172. The normalized spacial score (nSPS) is 10.5. The number of nitrogens with zero attached hydrogens (tertiary/aromatic N) is 2. The summed E-state index contributed by atoms with van der Waals surface area (Å²) in [4.78, 5) is 0. The van der Waals surface area contributed by atoms with E-state index in [-0.39, 0.29) is 6.10 Å². The van der Waals surface area contributed by atoms with Crippen LogP contribution >= 0.6 is 0 Å². The summed E-state index contributed by atoms with van der Waals surface area (Å²) in [7, 11) is 0. The first kappa shape index (κ1) is 13.2. The molecule has 19 heavy (non-hydrogen) atoms. The van der Waals surface area contributed by atoms with E-state index in [0.717, 1.165) is 28.4 Å². The Hall–Kier alpha value is -2.21. The zero-order valence-electron chi connectivity index (χ0n) is 11.8. The van der Waals surface area contributed by atoms with Crippen LogP contribution in [-0.2, 0) is 0 Å². The number of rotatable bonds is 3. The van der Waals surface area contributed by atoms with Gasteiger partial charge < -0.3 is 9.30 Å². The summed E-state index contributed by atoms with van der Waals surface area (Å²) in [6.45, 7) is 7.98. The van der Waals surface area contributed by atoms with Crippen molar-refractivity contribution in [2.24, 2.45) is 0 Å². The molecule has 3 nitrogen and oxygen atoms in total. The van der Waals surface area contributed by atoms with Crippen LogP contribution in [-0.4, -0.2) is 10.7 Å². The lowest BCUT2D eigenvalue weighted by molar-refractivity contribution is 0.242. The van der Waals surface area contributed by atoms with Crippen molar-refractivity contribution in [2.45, 2.75) is 33.8 Å². The van der Waals surface area contributed by atoms with E-state index in [4.69, 9.17) is 10.00 Å². The minimum Gasteiger partial charge on any atom is -0.491 e. The quantitative estimate of drug-likeness (QED) is 0.836. The molecule has 0 spiro atoms. The maximum atomic E-state index is 9.06. The SMILES string of the molecule is Cc1cc(C#N)c(C)n1-c1ccc(OC(C)C)cc1. The van der Waals surface area contributed by atoms with Gasteiger partial charge in [-0.25, -0.2) is 0 Å². The van der Waals surface area contributed by atoms with Crippen molar-refractivity contribution >= 4 is 0 Å². The summed E-state index contributed by atoms with van der Waals surface area (Å²) in [5, 5.41) is 9.06. The van der Waals surface area contributed by atoms with Gasteiger partial charge in [-0.2, -0.15) is 5.26 Å². The third-order valence-corrected chi connectivity index (χ3v) is 3.02. The van der Waals surface area contributed by atoms with Crippen molar-refractivity contribution in [1.82, 2.24) is 4.57 Å². The Morgan fingerprint density at radius 1 is 1.16 bits per heavy atom. The van der Waals surface area contributed by atoms with Crippen molar-refractivity contribution in [3.05, 3.63) is 47.3 Å². The summed E-state index contributed by atoms with van der Waals surface area (Å²) < 4.78 is 7.71. The number of hydrogen-bond donors (Lipinski definition) is 0. The van der Waals surface area contributed by atoms with E-state index >= 15 is 0 Å². The molecule has 0 aliphatic heterocycles. The molecule has 0 aliphatic carbocycles. The molecule has 2 rings (SSSR count). The molecule has 1 aromatic heterocycles. The van der Waals surface area contributed by atoms with E-state index in [1.165, 1.54) is 0 Å². The third-order valence-electron chi connectivity index (χ3n) is 3.02. The minimum atomic E-state index is 0.172. The van der Waals surface area contributed by atoms with Gasteiger partial charge >= 0.3 is 0 Å². The Morgan fingerprint density at radius 2 is 1.79 bits per heavy atom. The van der Waals surface area contributed by atoms with Crippen molar-refractivity contribution in [1.29, 1.82) is 5.26 Å². The standard InChI is InChI=1S/C16H18N2O/c1-11(2)19-16-7-5-15(6-8-16)18-12(3)9-14(10-17)13(18)4/h5-9,11H,1-4H3. The molecule has 0 saturated heterocycles. The molecular formula is C16H18N2O. The zero-order chi connectivity index (χ0) is 14.0.